The molecule has 1 saturated heterocycles. The molecule has 20 heavy (non-hydrogen) atoms. The van der Waals surface area contributed by atoms with E-state index in [0.717, 1.165) is 0 Å². The highest BCUT2D eigenvalue weighted by atomic mass is 16.7. The number of ether oxygens (including phenoxy) is 3. The van der Waals surface area contributed by atoms with Gasteiger partial charge in [0, 0.05) is 6.42 Å². The SMILES string of the molecule is CCC(O)CCC1(C(C)C(=O)OC(C)(C)C)OCCO1. The molecule has 2 unspecified atom stereocenters. The average molecular weight is 288 g/mol. The smallest absolute Gasteiger partial charge is 0.314 e. The fourth-order valence-electron chi connectivity index (χ4n) is 2.22. The number of hydrogen-bond donors (Lipinski definition) is 1. The second-order valence-corrected chi connectivity index (χ2v) is 6.36. The summed E-state index contributed by atoms with van der Waals surface area (Å²) in [6, 6.07) is 0. The van der Waals surface area contributed by atoms with E-state index in [1.54, 1.807) is 6.92 Å². The molecule has 2 atom stereocenters. The molecular formula is C15H28O5. The molecule has 0 aromatic rings. The largest absolute Gasteiger partial charge is 0.460 e. The van der Waals surface area contributed by atoms with Crippen molar-refractivity contribution in [2.24, 2.45) is 5.92 Å². The van der Waals surface area contributed by atoms with E-state index in [0.29, 0.717) is 32.5 Å². The Morgan fingerprint density at radius 2 is 1.90 bits per heavy atom. The van der Waals surface area contributed by atoms with Gasteiger partial charge in [0.2, 0.25) is 0 Å². The minimum Gasteiger partial charge on any atom is -0.460 e. The van der Waals surface area contributed by atoms with Crippen molar-refractivity contribution in [1.29, 1.82) is 0 Å². The Labute approximate surface area is 121 Å². The van der Waals surface area contributed by atoms with E-state index < -0.39 is 23.4 Å². The molecule has 0 saturated carbocycles. The van der Waals surface area contributed by atoms with Crippen LogP contribution in [0.4, 0.5) is 0 Å². The van der Waals surface area contributed by atoms with Crippen molar-refractivity contribution in [3.63, 3.8) is 0 Å². The monoisotopic (exact) mass is 288 g/mol. The third-order valence-electron chi connectivity index (χ3n) is 3.49. The lowest BCUT2D eigenvalue weighted by molar-refractivity contribution is -0.216. The van der Waals surface area contributed by atoms with Crippen LogP contribution in [0.15, 0.2) is 0 Å². The van der Waals surface area contributed by atoms with E-state index in [-0.39, 0.29) is 5.97 Å². The van der Waals surface area contributed by atoms with Gasteiger partial charge in [-0.25, -0.2) is 0 Å². The van der Waals surface area contributed by atoms with Gasteiger partial charge in [-0.15, -0.1) is 0 Å². The summed E-state index contributed by atoms with van der Waals surface area (Å²) in [5, 5.41) is 9.71. The third kappa shape index (κ3) is 4.72. The zero-order valence-corrected chi connectivity index (χ0v) is 13.3. The molecule has 0 radical (unpaired) electrons. The van der Waals surface area contributed by atoms with Gasteiger partial charge in [0.05, 0.1) is 19.3 Å². The van der Waals surface area contributed by atoms with Crippen LogP contribution in [0.3, 0.4) is 0 Å². The molecule has 5 heteroatoms. The van der Waals surface area contributed by atoms with Crippen molar-refractivity contribution in [3.05, 3.63) is 0 Å². The van der Waals surface area contributed by atoms with Crippen LogP contribution in [0.5, 0.6) is 0 Å². The molecule has 1 fully saturated rings. The molecular weight excluding hydrogens is 260 g/mol. The van der Waals surface area contributed by atoms with E-state index in [1.807, 2.05) is 27.7 Å². The number of carbonyl (C=O) groups excluding carboxylic acids is 1. The summed E-state index contributed by atoms with van der Waals surface area (Å²) < 4.78 is 16.8. The van der Waals surface area contributed by atoms with E-state index in [4.69, 9.17) is 14.2 Å². The number of aliphatic hydroxyl groups excluding tert-OH is 1. The fourth-order valence-corrected chi connectivity index (χ4v) is 2.22. The van der Waals surface area contributed by atoms with Gasteiger partial charge in [0.25, 0.3) is 0 Å². The topological polar surface area (TPSA) is 65.0 Å². The summed E-state index contributed by atoms with van der Waals surface area (Å²) in [6.45, 7) is 10.1. The first-order chi connectivity index (χ1) is 9.20. The lowest BCUT2D eigenvalue weighted by Gasteiger charge is -2.34. The van der Waals surface area contributed by atoms with Crippen molar-refractivity contribution >= 4 is 5.97 Å². The molecule has 118 valence electrons. The van der Waals surface area contributed by atoms with Crippen LogP contribution in [0.2, 0.25) is 0 Å². The Morgan fingerprint density at radius 1 is 1.35 bits per heavy atom. The second kappa shape index (κ2) is 6.87. The van der Waals surface area contributed by atoms with E-state index in [9.17, 15) is 9.90 Å². The predicted molar refractivity (Wildman–Crippen MR) is 75.2 cm³/mol. The van der Waals surface area contributed by atoms with Crippen LogP contribution >= 0.6 is 0 Å². The summed E-state index contributed by atoms with van der Waals surface area (Å²) in [5.41, 5.74) is -0.534. The average Bonchev–Trinajstić information content (AvgIpc) is 2.82. The van der Waals surface area contributed by atoms with Gasteiger partial charge in [-0.3, -0.25) is 4.79 Å². The molecule has 1 aliphatic rings. The Balaban J connectivity index is 2.71. The number of hydrogen-bond acceptors (Lipinski definition) is 5. The van der Waals surface area contributed by atoms with Gasteiger partial charge < -0.3 is 19.3 Å². The Hall–Kier alpha value is -0.650. The van der Waals surface area contributed by atoms with Crippen LogP contribution < -0.4 is 0 Å². The highest BCUT2D eigenvalue weighted by Gasteiger charge is 2.47. The summed E-state index contributed by atoms with van der Waals surface area (Å²) in [6.07, 6.45) is 1.31. The molecule has 0 spiro atoms. The molecule has 0 aromatic carbocycles. The Morgan fingerprint density at radius 3 is 2.35 bits per heavy atom. The van der Waals surface area contributed by atoms with Crippen LogP contribution in [0, 0.1) is 5.92 Å². The Bertz CT molecular complexity index is 315. The number of esters is 1. The zero-order valence-electron chi connectivity index (χ0n) is 13.3. The van der Waals surface area contributed by atoms with Gasteiger partial charge in [0.1, 0.15) is 11.5 Å². The lowest BCUT2D eigenvalue weighted by atomic mass is 9.93. The molecule has 1 rings (SSSR count). The maximum absolute atomic E-state index is 12.2. The number of carbonyl (C=O) groups is 1. The quantitative estimate of drug-likeness (QED) is 0.759. The van der Waals surface area contributed by atoms with E-state index in [1.165, 1.54) is 0 Å². The summed E-state index contributed by atoms with van der Waals surface area (Å²) in [7, 11) is 0. The Kier molecular flexibility index (Phi) is 5.98. The highest BCUT2D eigenvalue weighted by molar-refractivity contribution is 5.73. The van der Waals surface area contributed by atoms with Crippen molar-refractivity contribution in [1.82, 2.24) is 0 Å². The first-order valence-electron chi connectivity index (χ1n) is 7.39. The third-order valence-corrected chi connectivity index (χ3v) is 3.49. The molecule has 5 nitrogen and oxygen atoms in total. The van der Waals surface area contributed by atoms with Crippen molar-refractivity contribution in [2.45, 2.75) is 71.4 Å². The van der Waals surface area contributed by atoms with Gasteiger partial charge >= 0.3 is 5.97 Å². The van der Waals surface area contributed by atoms with Crippen molar-refractivity contribution in [3.8, 4) is 0 Å². The molecule has 0 aliphatic carbocycles. The minimum atomic E-state index is -0.960. The minimum absolute atomic E-state index is 0.328. The first-order valence-corrected chi connectivity index (χ1v) is 7.39. The predicted octanol–water partition coefficient (Wildman–Crippen LogP) is 2.26. The van der Waals surface area contributed by atoms with Crippen molar-refractivity contribution < 1.29 is 24.1 Å². The zero-order chi connectivity index (χ0) is 15.4. The first kappa shape index (κ1) is 17.4. The van der Waals surface area contributed by atoms with Gasteiger partial charge in [-0.05, 0) is 40.5 Å². The summed E-state index contributed by atoms with van der Waals surface area (Å²) in [4.78, 5) is 12.2. The van der Waals surface area contributed by atoms with Crippen molar-refractivity contribution in [2.75, 3.05) is 13.2 Å². The molecule has 0 amide bonds. The molecule has 1 aliphatic heterocycles. The lowest BCUT2D eigenvalue weighted by Crippen LogP contribution is -2.45. The van der Waals surface area contributed by atoms with Crippen LogP contribution in [0.25, 0.3) is 0 Å². The van der Waals surface area contributed by atoms with Crippen LogP contribution in [-0.2, 0) is 19.0 Å². The van der Waals surface area contributed by atoms with Crippen LogP contribution in [-0.4, -0.2) is 41.8 Å². The maximum atomic E-state index is 12.2. The number of rotatable bonds is 6. The standard InChI is InChI=1S/C15H28O5/c1-6-12(16)7-8-15(18-9-10-19-15)11(2)13(17)20-14(3,4)5/h11-12,16H,6-10H2,1-5H3. The second-order valence-electron chi connectivity index (χ2n) is 6.36. The van der Waals surface area contributed by atoms with Gasteiger partial charge in [-0.1, -0.05) is 6.92 Å². The molecule has 0 bridgehead atoms. The number of aliphatic hydroxyl groups is 1. The molecule has 0 aromatic heterocycles. The normalized spacial score (nSPS) is 21.5. The van der Waals surface area contributed by atoms with Crippen LogP contribution in [0.1, 0.15) is 53.9 Å². The fraction of sp³-hybridized carbons (Fsp3) is 0.933. The van der Waals surface area contributed by atoms with E-state index in [2.05, 4.69) is 0 Å². The van der Waals surface area contributed by atoms with Gasteiger partial charge in [0.15, 0.2) is 5.79 Å². The maximum Gasteiger partial charge on any atom is 0.314 e. The highest BCUT2D eigenvalue weighted by Crippen LogP contribution is 2.35. The molecule has 1 heterocycles. The summed E-state index contributed by atoms with van der Waals surface area (Å²) >= 11 is 0. The molecule has 1 N–H and O–H groups in total. The van der Waals surface area contributed by atoms with Gasteiger partial charge in [-0.2, -0.15) is 0 Å². The summed E-state index contributed by atoms with van der Waals surface area (Å²) in [5.74, 6) is -1.81. The van der Waals surface area contributed by atoms with E-state index >= 15 is 0 Å².